The first kappa shape index (κ1) is 40.0. The van der Waals surface area contributed by atoms with Crippen LogP contribution in [0.4, 0.5) is 0 Å². The largest absolute Gasteiger partial charge is 0.462 e. The number of nitrogens with zero attached hydrogens (tertiary/aromatic N) is 1. The van der Waals surface area contributed by atoms with Crippen LogP contribution in [-0.2, 0) is 47.5 Å². The molecule has 0 bridgehead atoms. The van der Waals surface area contributed by atoms with Crippen molar-refractivity contribution in [3.05, 3.63) is 23.8 Å². The van der Waals surface area contributed by atoms with Crippen LogP contribution >= 0.6 is 0 Å². The lowest BCUT2D eigenvalue weighted by Crippen LogP contribution is -2.59. The van der Waals surface area contributed by atoms with Crippen LogP contribution < -0.4 is 0 Å². The summed E-state index contributed by atoms with van der Waals surface area (Å²) >= 11 is 0. The van der Waals surface area contributed by atoms with Crippen LogP contribution in [0.3, 0.4) is 0 Å². The van der Waals surface area contributed by atoms with Crippen LogP contribution in [0.5, 0.6) is 0 Å². The SMILES string of the molecule is CC[C@H]1CCC[C@H](O[C@H]2CC[C@H](N(C)C)C(C)O2)C(C)C(=O)C2=C[C@H]3[C@@H]4C[C@H](OC5OC(C)[C@H](OC)C(OC)C5OC)C[C@H]4C=C[C@@H]3C2CC(=O)O1. The second kappa shape index (κ2) is 17.4. The third kappa shape index (κ3) is 8.27. The molecule has 52 heavy (non-hydrogen) atoms. The molecule has 0 aromatic heterocycles. The maximum Gasteiger partial charge on any atom is 0.306 e. The van der Waals surface area contributed by atoms with E-state index >= 15 is 0 Å². The highest BCUT2D eigenvalue weighted by Crippen LogP contribution is 2.54. The molecule has 6 rings (SSSR count). The molecule has 6 aliphatic rings. The number of ketones is 1. The quantitative estimate of drug-likeness (QED) is 0.222. The van der Waals surface area contributed by atoms with E-state index in [4.69, 9.17) is 37.9 Å². The molecule has 3 saturated heterocycles. The molecular formula is C41H65NO10. The van der Waals surface area contributed by atoms with Crippen LogP contribution in [-0.4, -0.2) is 120 Å². The summed E-state index contributed by atoms with van der Waals surface area (Å²) in [5.41, 5.74) is 0.763. The van der Waals surface area contributed by atoms with E-state index in [2.05, 4.69) is 51.1 Å². The van der Waals surface area contributed by atoms with E-state index in [1.807, 2.05) is 13.8 Å². The molecule has 4 fully saturated rings. The molecule has 3 heterocycles. The van der Waals surface area contributed by atoms with Gasteiger partial charge >= 0.3 is 5.97 Å². The Kier molecular flexibility index (Phi) is 13.4. The predicted molar refractivity (Wildman–Crippen MR) is 194 cm³/mol. The van der Waals surface area contributed by atoms with Gasteiger partial charge in [0.2, 0.25) is 0 Å². The smallest absolute Gasteiger partial charge is 0.306 e. The fourth-order valence-corrected chi connectivity index (χ4v) is 10.4. The second-order valence-electron chi connectivity index (χ2n) is 16.5. The van der Waals surface area contributed by atoms with Crippen molar-refractivity contribution in [2.24, 2.45) is 35.5 Å². The Balaban J connectivity index is 1.20. The number of carbonyl (C=O) groups excluding carboxylic acids is 2. The van der Waals surface area contributed by atoms with Gasteiger partial charge in [0.15, 0.2) is 18.4 Å². The number of hydrogen-bond acceptors (Lipinski definition) is 11. The molecule has 17 atom stereocenters. The normalized spacial score (nSPS) is 45.7. The van der Waals surface area contributed by atoms with E-state index in [0.717, 1.165) is 50.5 Å². The van der Waals surface area contributed by atoms with Gasteiger partial charge in [-0.25, -0.2) is 0 Å². The summed E-state index contributed by atoms with van der Waals surface area (Å²) in [5.74, 6) is 0.0198. The molecule has 3 aliphatic heterocycles. The van der Waals surface area contributed by atoms with Crippen molar-refractivity contribution >= 4 is 11.8 Å². The highest BCUT2D eigenvalue weighted by Gasteiger charge is 2.52. The Morgan fingerprint density at radius 3 is 2.25 bits per heavy atom. The molecule has 11 nitrogen and oxygen atoms in total. The maximum absolute atomic E-state index is 14.7. The van der Waals surface area contributed by atoms with Crippen molar-refractivity contribution < 1.29 is 47.5 Å². The van der Waals surface area contributed by atoms with Gasteiger partial charge < -0.3 is 42.8 Å². The van der Waals surface area contributed by atoms with Crippen molar-refractivity contribution in [3.8, 4) is 0 Å². The van der Waals surface area contributed by atoms with Gasteiger partial charge in [0, 0.05) is 39.2 Å². The molecule has 1 saturated carbocycles. The molecule has 0 spiro atoms. The van der Waals surface area contributed by atoms with Gasteiger partial charge in [-0.15, -0.1) is 0 Å². The lowest BCUT2D eigenvalue weighted by molar-refractivity contribution is -0.314. The minimum absolute atomic E-state index is 0.0380. The number of likely N-dealkylation sites (N-methyl/N-ethyl adjacent to an activating group) is 1. The standard InChI is InChI=1S/C41H65NO10/c1-10-26-12-11-13-34(52-36-17-16-33(42(5)6)23(3)48-36)22(2)37(44)32-20-30-28(31(32)21-35(43)50-26)15-14-25-18-27(19-29(25)30)51-41-40(47-9)39(46-8)38(45-7)24(4)49-41/h14-15,20,22-31,33-34,36,38-41H,10-13,16-19,21H2,1-9H3/t22?,23?,24?,25-,26+,27-,28+,29-,30-,31?,33+,34+,36+,38+,39?,40?,41?/m1/s1. The molecule has 0 aromatic rings. The average Bonchev–Trinajstić information content (AvgIpc) is 3.70. The zero-order chi connectivity index (χ0) is 37.3. The Morgan fingerprint density at radius 2 is 1.58 bits per heavy atom. The number of ether oxygens (including phenoxy) is 8. The lowest BCUT2D eigenvalue weighted by atomic mass is 9.70. The minimum Gasteiger partial charge on any atom is -0.462 e. The van der Waals surface area contributed by atoms with Gasteiger partial charge in [-0.1, -0.05) is 32.1 Å². The van der Waals surface area contributed by atoms with Crippen LogP contribution in [0, 0.1) is 35.5 Å². The Labute approximate surface area is 311 Å². The van der Waals surface area contributed by atoms with E-state index in [1.54, 1.807) is 21.3 Å². The molecule has 0 radical (unpaired) electrons. The van der Waals surface area contributed by atoms with Gasteiger partial charge in [0.25, 0.3) is 0 Å². The maximum atomic E-state index is 14.7. The Morgan fingerprint density at radius 1 is 0.827 bits per heavy atom. The van der Waals surface area contributed by atoms with Crippen molar-refractivity contribution in [3.63, 3.8) is 0 Å². The zero-order valence-corrected chi connectivity index (χ0v) is 32.9. The first-order chi connectivity index (χ1) is 25.0. The average molecular weight is 732 g/mol. The molecular weight excluding hydrogens is 666 g/mol. The zero-order valence-electron chi connectivity index (χ0n) is 32.9. The summed E-state index contributed by atoms with van der Waals surface area (Å²) < 4.78 is 49.5. The fourth-order valence-electron chi connectivity index (χ4n) is 10.4. The van der Waals surface area contributed by atoms with Crippen LogP contribution in [0.2, 0.25) is 0 Å². The fraction of sp³-hybridized carbons (Fsp3) is 0.854. The topological polar surface area (TPSA) is 111 Å². The molecule has 0 amide bonds. The summed E-state index contributed by atoms with van der Waals surface area (Å²) in [4.78, 5) is 30.4. The van der Waals surface area contributed by atoms with E-state index in [9.17, 15) is 9.59 Å². The number of fused-ring (bicyclic) bond motifs is 5. The molecule has 7 unspecified atom stereocenters. The monoisotopic (exact) mass is 731 g/mol. The van der Waals surface area contributed by atoms with Gasteiger partial charge in [0.1, 0.15) is 24.4 Å². The van der Waals surface area contributed by atoms with Crippen molar-refractivity contribution in [2.75, 3.05) is 35.4 Å². The Bertz CT molecular complexity index is 1290. The number of Topliss-reactive ketones (excluding diaryl/α,β-unsaturated/α-hetero) is 1. The predicted octanol–water partition coefficient (Wildman–Crippen LogP) is 5.49. The number of carbonyl (C=O) groups is 2. The van der Waals surface area contributed by atoms with E-state index in [1.165, 1.54) is 0 Å². The van der Waals surface area contributed by atoms with E-state index in [-0.39, 0.29) is 96.8 Å². The number of rotatable bonds is 9. The van der Waals surface area contributed by atoms with Gasteiger partial charge in [-0.05, 0) is 109 Å². The van der Waals surface area contributed by atoms with Crippen molar-refractivity contribution in [1.29, 1.82) is 0 Å². The Hall–Kier alpha value is -1.70. The molecule has 0 N–H and O–H groups in total. The summed E-state index contributed by atoms with van der Waals surface area (Å²) in [5, 5.41) is 0. The summed E-state index contributed by atoms with van der Waals surface area (Å²) in [6, 6.07) is 0.339. The van der Waals surface area contributed by atoms with Gasteiger partial charge in [-0.2, -0.15) is 0 Å². The van der Waals surface area contributed by atoms with Crippen molar-refractivity contribution in [1.82, 2.24) is 4.90 Å². The number of methoxy groups -OCH3 is 3. The third-order valence-electron chi connectivity index (χ3n) is 13.3. The molecule has 3 aliphatic carbocycles. The second-order valence-corrected chi connectivity index (χ2v) is 16.5. The first-order valence-electron chi connectivity index (χ1n) is 20.0. The molecule has 294 valence electrons. The number of cyclic esters (lactones) is 1. The van der Waals surface area contributed by atoms with Crippen LogP contribution in [0.15, 0.2) is 23.8 Å². The van der Waals surface area contributed by atoms with Gasteiger partial charge in [-0.3, -0.25) is 9.59 Å². The highest BCUT2D eigenvalue weighted by molar-refractivity contribution is 5.99. The van der Waals surface area contributed by atoms with Crippen molar-refractivity contribution in [2.45, 2.75) is 153 Å². The highest BCUT2D eigenvalue weighted by atomic mass is 16.7. The summed E-state index contributed by atoms with van der Waals surface area (Å²) in [7, 11) is 9.15. The summed E-state index contributed by atoms with van der Waals surface area (Å²) in [6.07, 6.45) is 10.8. The number of allylic oxidation sites excluding steroid dienone is 4. The van der Waals surface area contributed by atoms with Gasteiger partial charge in [0.05, 0.1) is 30.8 Å². The molecule has 0 aromatic carbocycles. The minimum atomic E-state index is -0.594. The van der Waals surface area contributed by atoms with Crippen LogP contribution in [0.1, 0.15) is 85.5 Å². The van der Waals surface area contributed by atoms with E-state index < -0.39 is 12.4 Å². The summed E-state index contributed by atoms with van der Waals surface area (Å²) in [6.45, 7) is 8.17. The van der Waals surface area contributed by atoms with E-state index in [0.29, 0.717) is 18.4 Å². The number of hydrogen-bond donors (Lipinski definition) is 0. The first-order valence-corrected chi connectivity index (χ1v) is 20.0. The lowest BCUT2D eigenvalue weighted by Gasteiger charge is -2.44. The third-order valence-corrected chi connectivity index (χ3v) is 13.3. The molecule has 11 heteroatoms. The number of esters is 1. The van der Waals surface area contributed by atoms with Crippen LogP contribution in [0.25, 0.3) is 0 Å².